The number of nitrogens with zero attached hydrogens (tertiary/aromatic N) is 6. The molecule has 4 aromatic heterocycles. The number of carbonyl (C=O) groups is 4. The Labute approximate surface area is 386 Å². The van der Waals surface area contributed by atoms with Crippen LogP contribution in [0.4, 0.5) is 18.9 Å². The van der Waals surface area contributed by atoms with Gasteiger partial charge in [0, 0.05) is 90.9 Å². The third kappa shape index (κ3) is 12.4. The molecule has 2 aromatic carbocycles. The van der Waals surface area contributed by atoms with Gasteiger partial charge >= 0.3 is 6.18 Å². The number of aldehydes is 3. The van der Waals surface area contributed by atoms with Gasteiger partial charge in [-0.25, -0.2) is 9.97 Å². The number of rotatable bonds is 14. The van der Waals surface area contributed by atoms with E-state index in [1.165, 1.54) is 6.20 Å². The van der Waals surface area contributed by atoms with Crippen molar-refractivity contribution in [2.45, 2.75) is 56.5 Å². The summed E-state index contributed by atoms with van der Waals surface area (Å²) in [6.45, 7) is 1.78. The summed E-state index contributed by atoms with van der Waals surface area (Å²) < 4.78 is 59.2. The highest BCUT2D eigenvalue weighted by atomic mass is 19.4. The van der Waals surface area contributed by atoms with E-state index < -0.39 is 11.7 Å². The summed E-state index contributed by atoms with van der Waals surface area (Å²) in [7, 11) is 8.77. The Balaban J connectivity index is 0.000000180. The SMILES string of the molecule is CNC(=O)C(CCC=O)N(C)C.COc1ccc(C#CCOC2CN(c3ccc(C=O)c(C=O)c3)C2)nc1.Cn1c2ccncc2c2ccc(-c3cnc(OC4CCC4)c(C(F)(F)F)c3)cc21. The quantitative estimate of drug-likeness (QED) is 0.0857. The van der Waals surface area contributed by atoms with E-state index in [9.17, 15) is 32.3 Å². The number of fused-ring (bicyclic) bond motifs is 3. The maximum atomic E-state index is 13.6. The average molecular weight is 920 g/mol. The third-order valence-corrected chi connectivity index (χ3v) is 11.5. The number of ether oxygens (including phenoxy) is 3. The van der Waals surface area contributed by atoms with Crippen LogP contribution in [0.3, 0.4) is 0 Å². The van der Waals surface area contributed by atoms with E-state index in [2.05, 4.69) is 37.0 Å². The molecule has 1 unspecified atom stereocenters. The van der Waals surface area contributed by atoms with Crippen molar-refractivity contribution in [3.8, 4) is 34.6 Å². The van der Waals surface area contributed by atoms with E-state index in [1.807, 2.05) is 67.0 Å². The van der Waals surface area contributed by atoms with E-state index in [-0.39, 0.29) is 30.0 Å². The highest BCUT2D eigenvalue weighted by Crippen LogP contribution is 2.40. The molecule has 2 aliphatic rings. The number of alkyl halides is 3. The van der Waals surface area contributed by atoms with Gasteiger partial charge in [0.05, 0.1) is 31.0 Å². The third-order valence-electron chi connectivity index (χ3n) is 11.5. The summed E-state index contributed by atoms with van der Waals surface area (Å²) in [6.07, 6.45) is 7.74. The molecule has 0 radical (unpaired) electrons. The number of carbonyl (C=O) groups excluding carboxylic acids is 4. The zero-order chi connectivity index (χ0) is 48.1. The minimum atomic E-state index is -4.53. The summed E-state index contributed by atoms with van der Waals surface area (Å²) in [5, 5.41) is 4.58. The van der Waals surface area contributed by atoms with Crippen LogP contribution in [0.25, 0.3) is 32.9 Å². The number of hydrogen-bond acceptors (Lipinski definition) is 12. The van der Waals surface area contributed by atoms with Crippen LogP contribution in [0.5, 0.6) is 11.6 Å². The molecule has 8 rings (SSSR count). The van der Waals surface area contributed by atoms with Crippen molar-refractivity contribution in [3.05, 3.63) is 108 Å². The van der Waals surface area contributed by atoms with E-state index in [4.69, 9.17) is 14.2 Å². The van der Waals surface area contributed by atoms with Crippen LogP contribution in [0.2, 0.25) is 0 Å². The number of halogens is 3. The van der Waals surface area contributed by atoms with Gasteiger partial charge in [0.15, 0.2) is 12.6 Å². The molecule has 14 nitrogen and oxygen atoms in total. The van der Waals surface area contributed by atoms with Gasteiger partial charge in [-0.15, -0.1) is 0 Å². The lowest BCUT2D eigenvalue weighted by Crippen LogP contribution is -2.52. The molecule has 1 N–H and O–H groups in total. The first-order valence-corrected chi connectivity index (χ1v) is 21.6. The molecule has 1 atom stereocenters. The first kappa shape index (κ1) is 49.3. The number of aryl methyl sites for hydroxylation is 1. The van der Waals surface area contributed by atoms with Gasteiger partial charge in [0.1, 0.15) is 36.0 Å². The predicted molar refractivity (Wildman–Crippen MR) is 248 cm³/mol. The molecule has 17 heteroatoms. The number of anilines is 1. The first-order valence-electron chi connectivity index (χ1n) is 21.6. The molecule has 0 bridgehead atoms. The molecule has 1 aliphatic heterocycles. The lowest BCUT2D eigenvalue weighted by Gasteiger charge is -2.40. The minimum Gasteiger partial charge on any atom is -0.495 e. The van der Waals surface area contributed by atoms with Crippen molar-refractivity contribution < 1.29 is 46.6 Å². The number of methoxy groups -OCH3 is 1. The highest BCUT2D eigenvalue weighted by molar-refractivity contribution is 6.08. The summed E-state index contributed by atoms with van der Waals surface area (Å²) in [5.74, 6) is 6.21. The Morgan fingerprint density at radius 2 is 1.69 bits per heavy atom. The topological polar surface area (TPSA) is 158 Å². The summed E-state index contributed by atoms with van der Waals surface area (Å²) >= 11 is 0. The van der Waals surface area contributed by atoms with Gasteiger partial charge in [0.2, 0.25) is 11.8 Å². The second kappa shape index (κ2) is 22.8. The molecule has 5 heterocycles. The van der Waals surface area contributed by atoms with Gasteiger partial charge in [-0.2, -0.15) is 13.2 Å². The standard InChI is InChI=1S/C22H18F3N3O.C20H18N2O4.C8H16N2O2/c1-28-19-7-8-26-12-17(19)16-6-5-13(10-20(16)28)14-9-18(22(23,24)25)21(27-11-14)29-15-3-2-4-15;1-25-19-7-5-17(21-10-19)3-2-8-26-20-11-22(12-20)18-6-4-15(13-23)16(9-18)14-24;1-9-8(12)7(10(2)3)5-4-6-11/h5-12,15H,2-4H2,1H3;4-7,9-10,13-14,20H,8,11-12H2,1H3;6-7H,4-5H2,1-3H3,(H,9,12). The Morgan fingerprint density at radius 1 is 0.910 bits per heavy atom. The number of likely N-dealkylation sites (N-methyl/N-ethyl adjacent to an activating group) is 2. The molecular formula is C50H52F3N7O7. The van der Waals surface area contributed by atoms with Gasteiger partial charge in [-0.1, -0.05) is 18.1 Å². The van der Waals surface area contributed by atoms with Crippen LogP contribution in [0.15, 0.2) is 85.5 Å². The number of hydrogen-bond donors (Lipinski definition) is 1. The molecule has 350 valence electrons. The zero-order valence-electron chi connectivity index (χ0n) is 37.9. The number of pyridine rings is 3. The second-order valence-corrected chi connectivity index (χ2v) is 16.0. The van der Waals surface area contributed by atoms with Gasteiger partial charge in [-0.05, 0) is 99.8 Å². The zero-order valence-corrected chi connectivity index (χ0v) is 37.9. The van der Waals surface area contributed by atoms with Gasteiger partial charge in [-0.3, -0.25) is 24.3 Å². The second-order valence-electron chi connectivity index (χ2n) is 16.0. The van der Waals surface area contributed by atoms with Crippen molar-refractivity contribution in [1.82, 2.24) is 29.7 Å². The summed E-state index contributed by atoms with van der Waals surface area (Å²) in [4.78, 5) is 59.5. The average Bonchev–Trinajstić information content (AvgIpc) is 3.59. The fraction of sp³-hybridized carbons (Fsp3) is 0.340. The monoisotopic (exact) mass is 919 g/mol. The number of aromatic nitrogens is 4. The van der Waals surface area contributed by atoms with Crippen LogP contribution >= 0.6 is 0 Å². The van der Waals surface area contributed by atoms with Crippen LogP contribution in [0.1, 0.15) is 64.1 Å². The summed E-state index contributed by atoms with van der Waals surface area (Å²) in [5.41, 5.74) is 4.57. The van der Waals surface area contributed by atoms with Crippen LogP contribution < -0.4 is 19.7 Å². The smallest absolute Gasteiger partial charge is 0.421 e. The Morgan fingerprint density at radius 3 is 2.31 bits per heavy atom. The highest BCUT2D eigenvalue weighted by Gasteiger charge is 2.37. The molecule has 1 saturated carbocycles. The van der Waals surface area contributed by atoms with Crippen LogP contribution in [-0.2, 0) is 27.5 Å². The largest absolute Gasteiger partial charge is 0.495 e. The van der Waals surface area contributed by atoms with Crippen molar-refractivity contribution in [2.24, 2.45) is 7.05 Å². The Bertz CT molecular complexity index is 2740. The lowest BCUT2D eigenvalue weighted by atomic mass is 9.96. The van der Waals surface area contributed by atoms with Gasteiger partial charge < -0.3 is 33.8 Å². The van der Waals surface area contributed by atoms with Crippen molar-refractivity contribution in [2.75, 3.05) is 52.8 Å². The van der Waals surface area contributed by atoms with Gasteiger partial charge in [0.25, 0.3) is 0 Å². The molecule has 67 heavy (non-hydrogen) atoms. The molecular weight excluding hydrogens is 868 g/mol. The maximum absolute atomic E-state index is 13.6. The normalized spacial score (nSPS) is 14.0. The molecule has 1 saturated heterocycles. The minimum absolute atomic E-state index is 0.0400. The van der Waals surface area contributed by atoms with Crippen molar-refractivity contribution in [3.63, 3.8) is 0 Å². The molecule has 1 aliphatic carbocycles. The van der Waals surface area contributed by atoms with Crippen molar-refractivity contribution in [1.29, 1.82) is 0 Å². The maximum Gasteiger partial charge on any atom is 0.421 e. The van der Waals surface area contributed by atoms with E-state index in [0.717, 1.165) is 72.2 Å². The van der Waals surface area contributed by atoms with Crippen LogP contribution in [0, 0.1) is 11.8 Å². The lowest BCUT2D eigenvalue weighted by molar-refractivity contribution is -0.140. The Hall–Kier alpha value is -7.16. The molecule has 2 fully saturated rings. The Kier molecular flexibility index (Phi) is 16.8. The first-order chi connectivity index (χ1) is 32.3. The fourth-order valence-corrected chi connectivity index (χ4v) is 7.39. The van der Waals surface area contributed by atoms with E-state index in [1.54, 1.807) is 50.9 Å². The van der Waals surface area contributed by atoms with E-state index in [0.29, 0.717) is 65.7 Å². The summed E-state index contributed by atoms with van der Waals surface area (Å²) in [6, 6.07) is 17.3. The van der Waals surface area contributed by atoms with E-state index >= 15 is 0 Å². The number of amides is 1. The fourth-order valence-electron chi connectivity index (χ4n) is 7.39. The van der Waals surface area contributed by atoms with Crippen LogP contribution in [-0.4, -0.2) is 115 Å². The van der Waals surface area contributed by atoms with Crippen molar-refractivity contribution >= 4 is 52.3 Å². The molecule has 0 spiro atoms. The number of benzene rings is 2. The predicted octanol–water partition coefficient (Wildman–Crippen LogP) is 7.35. The number of nitrogens with one attached hydrogen (secondary N) is 1. The molecule has 1 amide bonds. The molecule has 6 aromatic rings.